The van der Waals surface area contributed by atoms with Gasteiger partial charge in [0.1, 0.15) is 11.3 Å². The van der Waals surface area contributed by atoms with Crippen LogP contribution in [0.2, 0.25) is 0 Å². The zero-order chi connectivity index (χ0) is 22.2. The van der Waals surface area contributed by atoms with Gasteiger partial charge in [0.25, 0.3) is 12.3 Å². The lowest BCUT2D eigenvalue weighted by Crippen LogP contribution is -2.35. The minimum atomic E-state index is -3.43. The Morgan fingerprint density at radius 2 is 2.03 bits per heavy atom. The van der Waals surface area contributed by atoms with E-state index in [9.17, 15) is 26.4 Å². The molecule has 0 radical (unpaired) electrons. The van der Waals surface area contributed by atoms with Crippen molar-refractivity contribution in [1.82, 2.24) is 14.7 Å². The van der Waals surface area contributed by atoms with E-state index in [-0.39, 0.29) is 23.2 Å². The maximum absolute atomic E-state index is 14.4. The number of sulfone groups is 1. The standard InChI is InChI=1S/C20H22F3N3O3S/c1-4-30(28,29)15-7-5-6-13(10-15)12(2)11-26(14-8-9-14)20(27)16-17(18(21)22)24-25(3)19(16)23/h5-7,10,14,18H,2,4,8-9,11H2,1,3H3. The van der Waals surface area contributed by atoms with Gasteiger partial charge < -0.3 is 4.90 Å². The number of aromatic nitrogens is 2. The molecule has 3 rings (SSSR count). The van der Waals surface area contributed by atoms with Crippen LogP contribution < -0.4 is 0 Å². The molecule has 1 aliphatic carbocycles. The van der Waals surface area contributed by atoms with Crippen LogP contribution in [0.5, 0.6) is 0 Å². The SMILES string of the molecule is C=C(CN(C(=O)c1c(C(F)F)nn(C)c1F)C1CC1)c1cccc(S(=O)(=O)CC)c1. The minimum absolute atomic E-state index is 0.0455. The summed E-state index contributed by atoms with van der Waals surface area (Å²) in [6.07, 6.45) is -1.77. The van der Waals surface area contributed by atoms with Gasteiger partial charge in [0.05, 0.1) is 10.6 Å². The molecule has 0 atom stereocenters. The summed E-state index contributed by atoms with van der Waals surface area (Å²) in [5, 5.41) is 3.43. The van der Waals surface area contributed by atoms with Crippen molar-refractivity contribution < 1.29 is 26.4 Å². The minimum Gasteiger partial charge on any atom is -0.331 e. The summed E-state index contributed by atoms with van der Waals surface area (Å²) in [6.45, 7) is 5.42. The van der Waals surface area contributed by atoms with Gasteiger partial charge in [-0.3, -0.25) is 4.79 Å². The van der Waals surface area contributed by atoms with Crippen molar-refractivity contribution in [2.45, 2.75) is 37.1 Å². The van der Waals surface area contributed by atoms with Crippen LogP contribution in [0.15, 0.2) is 35.7 Å². The number of amides is 1. The van der Waals surface area contributed by atoms with E-state index >= 15 is 0 Å². The lowest BCUT2D eigenvalue weighted by atomic mass is 10.1. The average Bonchev–Trinajstić information content (AvgIpc) is 3.51. The maximum atomic E-state index is 14.4. The van der Waals surface area contributed by atoms with Gasteiger partial charge in [-0.15, -0.1) is 0 Å². The topological polar surface area (TPSA) is 72.3 Å². The average molecular weight is 441 g/mol. The summed E-state index contributed by atoms with van der Waals surface area (Å²) >= 11 is 0. The van der Waals surface area contributed by atoms with Crippen LogP contribution in [0.1, 0.15) is 47.8 Å². The quantitative estimate of drug-likeness (QED) is 0.628. The summed E-state index contributed by atoms with van der Waals surface area (Å²) in [7, 11) is -2.28. The van der Waals surface area contributed by atoms with E-state index in [1.165, 1.54) is 24.0 Å². The molecule has 0 bridgehead atoms. The lowest BCUT2D eigenvalue weighted by molar-refractivity contribution is 0.0747. The Balaban J connectivity index is 1.90. The van der Waals surface area contributed by atoms with E-state index in [0.29, 0.717) is 28.7 Å². The van der Waals surface area contributed by atoms with Crippen molar-refractivity contribution in [2.24, 2.45) is 7.05 Å². The number of aryl methyl sites for hydroxylation is 1. The Morgan fingerprint density at radius 3 is 2.60 bits per heavy atom. The molecule has 0 spiro atoms. The Hall–Kier alpha value is -2.62. The number of benzene rings is 1. The molecule has 30 heavy (non-hydrogen) atoms. The van der Waals surface area contributed by atoms with Crippen LogP contribution in [-0.4, -0.2) is 47.3 Å². The second kappa shape index (κ2) is 8.25. The van der Waals surface area contributed by atoms with Gasteiger partial charge in [-0.1, -0.05) is 25.6 Å². The second-order valence-electron chi connectivity index (χ2n) is 7.17. The zero-order valence-electron chi connectivity index (χ0n) is 16.6. The predicted octanol–water partition coefficient (Wildman–Crippen LogP) is 3.61. The fourth-order valence-electron chi connectivity index (χ4n) is 3.14. The molecule has 1 aromatic carbocycles. The van der Waals surface area contributed by atoms with Crippen LogP contribution in [0.3, 0.4) is 0 Å². The predicted molar refractivity (Wildman–Crippen MR) is 105 cm³/mol. The van der Waals surface area contributed by atoms with Gasteiger partial charge in [0.2, 0.25) is 5.95 Å². The molecule has 0 unspecified atom stereocenters. The molecule has 0 aliphatic heterocycles. The normalized spacial score (nSPS) is 14.2. The molecule has 1 aromatic heterocycles. The Kier molecular flexibility index (Phi) is 6.07. The van der Waals surface area contributed by atoms with E-state index < -0.39 is 39.4 Å². The molecule has 1 aliphatic rings. The first-order valence-electron chi connectivity index (χ1n) is 9.39. The van der Waals surface area contributed by atoms with Gasteiger partial charge in [-0.05, 0) is 36.1 Å². The van der Waals surface area contributed by atoms with Crippen molar-refractivity contribution in [1.29, 1.82) is 0 Å². The third-order valence-corrected chi connectivity index (χ3v) is 6.75. The van der Waals surface area contributed by atoms with E-state index in [0.717, 1.165) is 7.05 Å². The number of hydrogen-bond donors (Lipinski definition) is 0. The molecule has 162 valence electrons. The van der Waals surface area contributed by atoms with Gasteiger partial charge >= 0.3 is 0 Å². The van der Waals surface area contributed by atoms with Crippen LogP contribution in [0.25, 0.3) is 5.57 Å². The Bertz CT molecular complexity index is 1090. The summed E-state index contributed by atoms with van der Waals surface area (Å²) in [6, 6.07) is 5.94. The third kappa shape index (κ3) is 4.28. The highest BCUT2D eigenvalue weighted by Gasteiger charge is 2.38. The molecule has 1 heterocycles. The van der Waals surface area contributed by atoms with Gasteiger partial charge in [-0.2, -0.15) is 9.49 Å². The number of hydrogen-bond acceptors (Lipinski definition) is 4. The number of nitrogens with zero attached hydrogens (tertiary/aromatic N) is 3. The molecule has 0 saturated heterocycles. The maximum Gasteiger partial charge on any atom is 0.283 e. The molecule has 10 heteroatoms. The van der Waals surface area contributed by atoms with Crippen LogP contribution in [-0.2, 0) is 16.9 Å². The molecule has 2 aromatic rings. The van der Waals surface area contributed by atoms with Crippen LogP contribution in [0, 0.1) is 5.95 Å². The first-order valence-corrected chi connectivity index (χ1v) is 11.0. The zero-order valence-corrected chi connectivity index (χ0v) is 17.4. The summed E-state index contributed by atoms with van der Waals surface area (Å²) in [5.41, 5.74) is -0.711. The van der Waals surface area contributed by atoms with Crippen molar-refractivity contribution in [3.63, 3.8) is 0 Å². The van der Waals surface area contributed by atoms with Gasteiger partial charge in [-0.25, -0.2) is 21.9 Å². The summed E-state index contributed by atoms with van der Waals surface area (Å²) in [4.78, 5) is 14.4. The molecular weight excluding hydrogens is 419 g/mol. The monoisotopic (exact) mass is 441 g/mol. The largest absolute Gasteiger partial charge is 0.331 e. The van der Waals surface area contributed by atoms with Crippen molar-refractivity contribution in [3.05, 3.63) is 53.6 Å². The third-order valence-electron chi connectivity index (χ3n) is 5.02. The Morgan fingerprint density at radius 1 is 1.37 bits per heavy atom. The number of alkyl halides is 2. The molecule has 1 saturated carbocycles. The van der Waals surface area contributed by atoms with Crippen molar-refractivity contribution in [3.8, 4) is 0 Å². The summed E-state index contributed by atoms with van der Waals surface area (Å²) in [5.74, 6) is -2.06. The number of halogens is 3. The molecular formula is C20H22F3N3O3S. The molecule has 1 fully saturated rings. The highest BCUT2D eigenvalue weighted by molar-refractivity contribution is 7.91. The first kappa shape index (κ1) is 22.1. The first-order chi connectivity index (χ1) is 14.1. The number of rotatable bonds is 8. The van der Waals surface area contributed by atoms with E-state index in [1.54, 1.807) is 12.1 Å². The fraction of sp³-hybridized carbons (Fsp3) is 0.400. The van der Waals surface area contributed by atoms with Gasteiger partial charge in [0, 0.05) is 19.6 Å². The lowest BCUT2D eigenvalue weighted by Gasteiger charge is -2.24. The number of carbonyl (C=O) groups is 1. The highest BCUT2D eigenvalue weighted by Crippen LogP contribution is 2.33. The van der Waals surface area contributed by atoms with E-state index in [4.69, 9.17) is 0 Å². The smallest absolute Gasteiger partial charge is 0.283 e. The fourth-order valence-corrected chi connectivity index (χ4v) is 4.07. The molecule has 1 amide bonds. The van der Waals surface area contributed by atoms with Crippen molar-refractivity contribution >= 4 is 21.3 Å². The molecule has 0 N–H and O–H groups in total. The number of carbonyl (C=O) groups excluding carboxylic acids is 1. The Labute approximate surface area is 172 Å². The molecule has 6 nitrogen and oxygen atoms in total. The van der Waals surface area contributed by atoms with Crippen molar-refractivity contribution in [2.75, 3.05) is 12.3 Å². The van der Waals surface area contributed by atoms with Crippen LogP contribution >= 0.6 is 0 Å². The second-order valence-corrected chi connectivity index (χ2v) is 9.45. The van der Waals surface area contributed by atoms with E-state index in [1.807, 2.05) is 0 Å². The highest BCUT2D eigenvalue weighted by atomic mass is 32.2. The van der Waals surface area contributed by atoms with Crippen LogP contribution in [0.4, 0.5) is 13.2 Å². The van der Waals surface area contributed by atoms with Gasteiger partial charge in [0.15, 0.2) is 9.84 Å². The van der Waals surface area contributed by atoms with E-state index in [2.05, 4.69) is 11.7 Å². The summed E-state index contributed by atoms with van der Waals surface area (Å²) < 4.78 is 65.9.